The van der Waals surface area contributed by atoms with E-state index in [2.05, 4.69) is 9.80 Å². The van der Waals surface area contributed by atoms with Crippen molar-refractivity contribution in [2.24, 2.45) is 0 Å². The number of amides is 2. The van der Waals surface area contributed by atoms with E-state index in [1.54, 1.807) is 14.2 Å². The number of ether oxygens (including phenoxy) is 2. The van der Waals surface area contributed by atoms with Gasteiger partial charge in [-0.15, -0.1) is 0 Å². The zero-order valence-corrected chi connectivity index (χ0v) is 17.1. The van der Waals surface area contributed by atoms with Gasteiger partial charge >= 0.3 is 0 Å². The zero-order chi connectivity index (χ0) is 20.7. The van der Waals surface area contributed by atoms with Crippen LogP contribution >= 0.6 is 0 Å². The molecule has 7 nitrogen and oxygen atoms in total. The van der Waals surface area contributed by atoms with Crippen LogP contribution in [0.3, 0.4) is 0 Å². The standard InChI is InChI=1S/C22H25N3O4/c1-14(26)25(15(2)27)22-13-23-11-16-9-19(29-4)6-8-21(16)24(22)12-17-10-18(28-3)5-7-20(17)23/h5-10,22H,11-13H2,1-4H3. The predicted octanol–water partition coefficient (Wildman–Crippen LogP) is 2.77. The first-order chi connectivity index (χ1) is 13.9. The summed E-state index contributed by atoms with van der Waals surface area (Å²) in [5.41, 5.74) is 4.28. The van der Waals surface area contributed by atoms with Gasteiger partial charge in [0.25, 0.3) is 0 Å². The Hall–Kier alpha value is -3.22. The van der Waals surface area contributed by atoms with Gasteiger partial charge in [-0.2, -0.15) is 0 Å². The molecule has 2 aromatic carbocycles. The van der Waals surface area contributed by atoms with Gasteiger partial charge in [0.15, 0.2) is 0 Å². The molecular formula is C22H25N3O4. The molecule has 0 aliphatic carbocycles. The fourth-order valence-electron chi connectivity index (χ4n) is 4.37. The van der Waals surface area contributed by atoms with E-state index >= 15 is 0 Å². The second kappa shape index (κ2) is 7.31. The average molecular weight is 395 g/mol. The minimum absolute atomic E-state index is 0.257. The van der Waals surface area contributed by atoms with Crippen LogP contribution in [0.15, 0.2) is 36.4 Å². The third kappa shape index (κ3) is 3.26. The third-order valence-corrected chi connectivity index (χ3v) is 5.65. The highest BCUT2D eigenvalue weighted by Gasteiger charge is 2.39. The summed E-state index contributed by atoms with van der Waals surface area (Å²) in [4.78, 5) is 30.5. The quantitative estimate of drug-likeness (QED) is 0.797. The number of methoxy groups -OCH3 is 2. The molecule has 0 saturated carbocycles. The van der Waals surface area contributed by atoms with Crippen molar-refractivity contribution >= 4 is 23.2 Å². The van der Waals surface area contributed by atoms with E-state index in [-0.39, 0.29) is 11.8 Å². The SMILES string of the molecule is COc1ccc2c(c1)CN1c3ccc(OC)cc3CN2CC1N(C(C)=O)C(C)=O. The maximum atomic E-state index is 12.4. The van der Waals surface area contributed by atoms with E-state index in [1.807, 2.05) is 36.4 Å². The summed E-state index contributed by atoms with van der Waals surface area (Å²) in [5, 5.41) is 0. The lowest BCUT2D eigenvalue weighted by molar-refractivity contribution is -0.144. The van der Waals surface area contributed by atoms with Gasteiger partial charge in [-0.05, 0) is 47.5 Å². The van der Waals surface area contributed by atoms with Crippen LogP contribution in [-0.2, 0) is 22.7 Å². The van der Waals surface area contributed by atoms with Crippen LogP contribution in [0.5, 0.6) is 11.5 Å². The van der Waals surface area contributed by atoms with Crippen molar-refractivity contribution in [3.63, 3.8) is 0 Å². The number of carbonyl (C=O) groups excluding carboxylic acids is 2. The molecule has 4 rings (SSSR count). The molecule has 2 heterocycles. The average Bonchev–Trinajstić information content (AvgIpc) is 2.93. The highest BCUT2D eigenvalue weighted by molar-refractivity contribution is 5.94. The minimum Gasteiger partial charge on any atom is -0.497 e. The topological polar surface area (TPSA) is 62.3 Å². The molecule has 0 aromatic heterocycles. The van der Waals surface area contributed by atoms with Crippen LogP contribution in [0.4, 0.5) is 11.4 Å². The summed E-state index contributed by atoms with van der Waals surface area (Å²) in [5.74, 6) is 1.06. The Labute approximate surface area is 170 Å². The smallest absolute Gasteiger partial charge is 0.227 e. The van der Waals surface area contributed by atoms with Crippen molar-refractivity contribution in [3.8, 4) is 11.5 Å². The number of imide groups is 1. The molecule has 1 atom stereocenters. The molecule has 0 spiro atoms. The molecular weight excluding hydrogens is 370 g/mol. The van der Waals surface area contributed by atoms with Crippen LogP contribution < -0.4 is 19.3 Å². The van der Waals surface area contributed by atoms with Crippen molar-refractivity contribution < 1.29 is 19.1 Å². The zero-order valence-electron chi connectivity index (χ0n) is 17.1. The number of hydrogen-bond donors (Lipinski definition) is 0. The van der Waals surface area contributed by atoms with Gasteiger partial charge in [0.05, 0.1) is 20.8 Å². The van der Waals surface area contributed by atoms with Crippen molar-refractivity contribution in [1.82, 2.24) is 4.90 Å². The summed E-state index contributed by atoms with van der Waals surface area (Å²) >= 11 is 0. The number of hydrogen-bond acceptors (Lipinski definition) is 6. The van der Waals surface area contributed by atoms with Gasteiger partial charge in [-0.25, -0.2) is 0 Å². The van der Waals surface area contributed by atoms with E-state index in [0.29, 0.717) is 19.6 Å². The molecule has 152 valence electrons. The number of rotatable bonds is 3. The second-order valence-corrected chi connectivity index (χ2v) is 7.39. The number of benzene rings is 2. The molecule has 2 amide bonds. The van der Waals surface area contributed by atoms with Crippen LogP contribution in [0, 0.1) is 0 Å². The van der Waals surface area contributed by atoms with Gasteiger partial charge in [0.1, 0.15) is 17.7 Å². The van der Waals surface area contributed by atoms with Crippen molar-refractivity contribution in [2.75, 3.05) is 30.6 Å². The van der Waals surface area contributed by atoms with E-state index in [1.165, 1.54) is 18.7 Å². The van der Waals surface area contributed by atoms with Crippen LogP contribution in [0.1, 0.15) is 25.0 Å². The lowest BCUT2D eigenvalue weighted by atomic mass is 10.1. The summed E-state index contributed by atoms with van der Waals surface area (Å²) in [6.45, 7) is 4.62. The largest absolute Gasteiger partial charge is 0.497 e. The van der Waals surface area contributed by atoms with Gasteiger partial charge in [0, 0.05) is 38.3 Å². The molecule has 2 aliphatic rings. The summed E-state index contributed by atoms with van der Waals surface area (Å²) in [6, 6.07) is 12.0. The molecule has 7 heteroatoms. The monoisotopic (exact) mass is 395 g/mol. The van der Waals surface area contributed by atoms with Crippen molar-refractivity contribution in [1.29, 1.82) is 0 Å². The molecule has 0 N–H and O–H groups in total. The Morgan fingerprint density at radius 1 is 0.897 bits per heavy atom. The van der Waals surface area contributed by atoms with Gasteiger partial charge < -0.3 is 19.3 Å². The van der Waals surface area contributed by atoms with Crippen molar-refractivity contribution in [3.05, 3.63) is 47.5 Å². The highest BCUT2D eigenvalue weighted by atomic mass is 16.5. The molecule has 0 fully saturated rings. The van der Waals surface area contributed by atoms with E-state index in [9.17, 15) is 9.59 Å². The first-order valence-corrected chi connectivity index (χ1v) is 9.58. The number of carbonyl (C=O) groups is 2. The normalized spacial score (nSPS) is 17.0. The summed E-state index contributed by atoms with van der Waals surface area (Å²) < 4.78 is 10.8. The van der Waals surface area contributed by atoms with Crippen LogP contribution in [0.2, 0.25) is 0 Å². The van der Waals surface area contributed by atoms with Crippen molar-refractivity contribution in [2.45, 2.75) is 33.1 Å². The highest BCUT2D eigenvalue weighted by Crippen LogP contribution is 2.40. The molecule has 2 aliphatic heterocycles. The van der Waals surface area contributed by atoms with Crippen LogP contribution in [0.25, 0.3) is 0 Å². The number of fused-ring (bicyclic) bond motifs is 7. The second-order valence-electron chi connectivity index (χ2n) is 7.39. The predicted molar refractivity (Wildman–Crippen MR) is 110 cm³/mol. The molecule has 2 bridgehead atoms. The maximum absolute atomic E-state index is 12.4. The Kier molecular flexibility index (Phi) is 4.82. The lowest BCUT2D eigenvalue weighted by Crippen LogP contribution is -2.55. The molecule has 1 unspecified atom stereocenters. The van der Waals surface area contributed by atoms with Crippen LogP contribution in [-0.4, -0.2) is 43.6 Å². The third-order valence-electron chi connectivity index (χ3n) is 5.65. The van der Waals surface area contributed by atoms with Gasteiger partial charge in [-0.1, -0.05) is 0 Å². The molecule has 0 saturated heterocycles. The van der Waals surface area contributed by atoms with Gasteiger partial charge in [0.2, 0.25) is 11.8 Å². The van der Waals surface area contributed by atoms with E-state index in [0.717, 1.165) is 34.0 Å². The summed E-state index contributed by atoms with van der Waals surface area (Å²) in [7, 11) is 3.30. The Morgan fingerprint density at radius 3 is 2.00 bits per heavy atom. The molecule has 0 radical (unpaired) electrons. The minimum atomic E-state index is -0.405. The fraction of sp³-hybridized carbons (Fsp3) is 0.364. The first-order valence-electron chi connectivity index (χ1n) is 9.58. The fourth-order valence-corrected chi connectivity index (χ4v) is 4.37. The first kappa shape index (κ1) is 19.1. The Balaban J connectivity index is 1.89. The Bertz CT molecular complexity index is 961. The van der Waals surface area contributed by atoms with E-state index < -0.39 is 6.17 Å². The molecule has 2 aromatic rings. The van der Waals surface area contributed by atoms with Gasteiger partial charge in [-0.3, -0.25) is 14.5 Å². The summed E-state index contributed by atoms with van der Waals surface area (Å²) in [6.07, 6.45) is -0.405. The molecule has 29 heavy (non-hydrogen) atoms. The van der Waals surface area contributed by atoms with E-state index in [4.69, 9.17) is 9.47 Å². The Morgan fingerprint density at radius 2 is 1.45 bits per heavy atom. The number of anilines is 2. The number of nitrogens with zero attached hydrogens (tertiary/aromatic N) is 3. The maximum Gasteiger partial charge on any atom is 0.227 e. The lowest BCUT2D eigenvalue weighted by Gasteiger charge is -2.37.